The first-order chi connectivity index (χ1) is 7.29. The molecule has 0 saturated heterocycles. The molecule has 0 unspecified atom stereocenters. The summed E-state index contributed by atoms with van der Waals surface area (Å²) < 4.78 is 10.4. The summed E-state index contributed by atoms with van der Waals surface area (Å²) in [7, 11) is 0. The first-order valence-electron chi connectivity index (χ1n) is 4.55. The monoisotopic (exact) mass is 271 g/mol. The van der Waals surface area contributed by atoms with Crippen LogP contribution in [0.3, 0.4) is 0 Å². The second-order valence-corrected chi connectivity index (χ2v) is 3.85. The van der Waals surface area contributed by atoms with Gasteiger partial charge in [0.25, 0.3) is 0 Å². The van der Waals surface area contributed by atoms with Gasteiger partial charge in [-0.3, -0.25) is 4.79 Å². The van der Waals surface area contributed by atoms with E-state index >= 15 is 0 Å². The molecule has 1 heterocycles. The lowest BCUT2D eigenvalue weighted by molar-refractivity contribution is -0.115. The molecule has 5 heteroatoms. The molecule has 1 N–H and O–H groups in total. The quantitative estimate of drug-likeness (QED) is 0.857. The zero-order valence-corrected chi connectivity index (χ0v) is 9.54. The summed E-state index contributed by atoms with van der Waals surface area (Å²) in [6.07, 6.45) is 0.453. The SMILES string of the molecule is O=C(CCBr)Nc1ccc2c(c1)OCO2. The fourth-order valence-electron chi connectivity index (χ4n) is 1.28. The van der Waals surface area contributed by atoms with Crippen molar-refractivity contribution >= 4 is 27.5 Å². The molecule has 0 fully saturated rings. The van der Waals surface area contributed by atoms with Crippen LogP contribution in [0.4, 0.5) is 5.69 Å². The van der Waals surface area contributed by atoms with Crippen molar-refractivity contribution in [2.45, 2.75) is 6.42 Å². The minimum absolute atomic E-state index is 0.0225. The van der Waals surface area contributed by atoms with Crippen molar-refractivity contribution in [1.82, 2.24) is 0 Å². The van der Waals surface area contributed by atoms with Gasteiger partial charge in [-0.05, 0) is 12.1 Å². The van der Waals surface area contributed by atoms with Crippen molar-refractivity contribution in [1.29, 1.82) is 0 Å². The second-order valence-electron chi connectivity index (χ2n) is 3.06. The molecule has 0 spiro atoms. The van der Waals surface area contributed by atoms with Crippen molar-refractivity contribution in [2.24, 2.45) is 0 Å². The molecule has 0 atom stereocenters. The van der Waals surface area contributed by atoms with Crippen molar-refractivity contribution in [3.05, 3.63) is 18.2 Å². The highest BCUT2D eigenvalue weighted by molar-refractivity contribution is 9.09. The van der Waals surface area contributed by atoms with Crippen LogP contribution in [-0.4, -0.2) is 18.0 Å². The molecule has 2 rings (SSSR count). The topological polar surface area (TPSA) is 47.6 Å². The Hall–Kier alpha value is -1.23. The molecule has 0 aromatic heterocycles. The number of alkyl halides is 1. The Morgan fingerprint density at radius 2 is 2.20 bits per heavy atom. The third kappa shape index (κ3) is 2.41. The molecule has 4 nitrogen and oxygen atoms in total. The molecule has 1 aromatic rings. The van der Waals surface area contributed by atoms with Gasteiger partial charge in [0.2, 0.25) is 12.7 Å². The number of fused-ring (bicyclic) bond motifs is 1. The number of carbonyl (C=O) groups is 1. The van der Waals surface area contributed by atoms with Crippen LogP contribution in [0, 0.1) is 0 Å². The van der Waals surface area contributed by atoms with Crippen LogP contribution < -0.4 is 14.8 Å². The Balaban J connectivity index is 2.06. The van der Waals surface area contributed by atoms with Crippen molar-refractivity contribution in [3.8, 4) is 11.5 Å². The summed E-state index contributed by atoms with van der Waals surface area (Å²) in [5, 5.41) is 3.42. The van der Waals surface area contributed by atoms with E-state index in [4.69, 9.17) is 9.47 Å². The fraction of sp³-hybridized carbons (Fsp3) is 0.300. The molecule has 0 radical (unpaired) electrons. The van der Waals surface area contributed by atoms with E-state index in [-0.39, 0.29) is 12.7 Å². The minimum Gasteiger partial charge on any atom is -0.454 e. The van der Waals surface area contributed by atoms with Crippen LogP contribution in [-0.2, 0) is 4.79 Å². The van der Waals surface area contributed by atoms with E-state index in [1.54, 1.807) is 18.2 Å². The molecule has 1 aromatic carbocycles. The Bertz CT molecular complexity index is 381. The zero-order chi connectivity index (χ0) is 10.7. The lowest BCUT2D eigenvalue weighted by Gasteiger charge is -2.04. The number of rotatable bonds is 3. The first kappa shape index (κ1) is 10.3. The van der Waals surface area contributed by atoms with Gasteiger partial charge in [0.15, 0.2) is 11.5 Å². The van der Waals surface area contributed by atoms with Crippen molar-refractivity contribution in [3.63, 3.8) is 0 Å². The highest BCUT2D eigenvalue weighted by atomic mass is 79.9. The molecule has 1 amide bonds. The van der Waals surface area contributed by atoms with Crippen LogP contribution in [0.2, 0.25) is 0 Å². The van der Waals surface area contributed by atoms with Crippen LogP contribution in [0.5, 0.6) is 11.5 Å². The summed E-state index contributed by atoms with van der Waals surface area (Å²) >= 11 is 3.21. The number of anilines is 1. The molecule has 1 aliphatic rings. The van der Waals surface area contributed by atoms with Gasteiger partial charge >= 0.3 is 0 Å². The number of carbonyl (C=O) groups excluding carboxylic acids is 1. The van der Waals surface area contributed by atoms with E-state index in [0.29, 0.717) is 23.2 Å². The Morgan fingerprint density at radius 1 is 1.40 bits per heavy atom. The van der Waals surface area contributed by atoms with Gasteiger partial charge in [-0.25, -0.2) is 0 Å². The second kappa shape index (κ2) is 4.53. The van der Waals surface area contributed by atoms with E-state index in [9.17, 15) is 4.79 Å². The highest BCUT2D eigenvalue weighted by Crippen LogP contribution is 2.34. The number of ether oxygens (including phenoxy) is 2. The molecular formula is C10H10BrNO3. The normalized spacial score (nSPS) is 12.6. The van der Waals surface area contributed by atoms with Crippen LogP contribution >= 0.6 is 15.9 Å². The largest absolute Gasteiger partial charge is 0.454 e. The number of nitrogens with one attached hydrogen (secondary N) is 1. The maximum absolute atomic E-state index is 11.3. The molecule has 0 bridgehead atoms. The number of hydrogen-bond donors (Lipinski definition) is 1. The summed E-state index contributed by atoms with van der Waals surface area (Å²) in [5.41, 5.74) is 0.727. The van der Waals surface area contributed by atoms with E-state index in [2.05, 4.69) is 21.2 Å². The third-order valence-corrected chi connectivity index (χ3v) is 2.37. The van der Waals surface area contributed by atoms with Gasteiger partial charge in [-0.2, -0.15) is 0 Å². The van der Waals surface area contributed by atoms with Crippen molar-refractivity contribution in [2.75, 3.05) is 17.4 Å². The maximum atomic E-state index is 11.3. The highest BCUT2D eigenvalue weighted by Gasteiger charge is 2.13. The fourth-order valence-corrected chi connectivity index (χ4v) is 1.64. The van der Waals surface area contributed by atoms with Crippen LogP contribution in [0.1, 0.15) is 6.42 Å². The van der Waals surface area contributed by atoms with Gasteiger partial charge < -0.3 is 14.8 Å². The average Bonchev–Trinajstić information content (AvgIpc) is 2.65. The Morgan fingerprint density at radius 3 is 3.00 bits per heavy atom. The Labute approximate surface area is 95.7 Å². The van der Waals surface area contributed by atoms with E-state index < -0.39 is 0 Å². The standard InChI is InChI=1S/C10H10BrNO3/c11-4-3-10(13)12-7-1-2-8-9(5-7)15-6-14-8/h1-2,5H,3-4,6H2,(H,12,13). The summed E-state index contributed by atoms with van der Waals surface area (Å²) in [4.78, 5) is 11.3. The summed E-state index contributed by atoms with van der Waals surface area (Å²) in [6, 6.07) is 5.33. The van der Waals surface area contributed by atoms with Gasteiger partial charge in [-0.1, -0.05) is 15.9 Å². The lowest BCUT2D eigenvalue weighted by Crippen LogP contribution is -2.11. The lowest BCUT2D eigenvalue weighted by atomic mass is 10.2. The molecule has 0 aliphatic carbocycles. The number of benzene rings is 1. The van der Waals surface area contributed by atoms with Gasteiger partial charge in [-0.15, -0.1) is 0 Å². The molecule has 1 aliphatic heterocycles. The predicted octanol–water partition coefficient (Wildman–Crippen LogP) is 2.14. The molecule has 80 valence electrons. The zero-order valence-electron chi connectivity index (χ0n) is 7.96. The number of halogens is 1. The van der Waals surface area contributed by atoms with Gasteiger partial charge in [0, 0.05) is 23.5 Å². The van der Waals surface area contributed by atoms with Gasteiger partial charge in [0.05, 0.1) is 0 Å². The average molecular weight is 272 g/mol. The number of hydrogen-bond acceptors (Lipinski definition) is 3. The van der Waals surface area contributed by atoms with Crippen LogP contribution in [0.25, 0.3) is 0 Å². The number of amides is 1. The smallest absolute Gasteiger partial charge is 0.231 e. The van der Waals surface area contributed by atoms with E-state index in [1.165, 1.54) is 0 Å². The van der Waals surface area contributed by atoms with E-state index in [1.807, 2.05) is 0 Å². The van der Waals surface area contributed by atoms with Crippen molar-refractivity contribution < 1.29 is 14.3 Å². The van der Waals surface area contributed by atoms with Crippen LogP contribution in [0.15, 0.2) is 18.2 Å². The minimum atomic E-state index is -0.0225. The van der Waals surface area contributed by atoms with Gasteiger partial charge in [0.1, 0.15) is 0 Å². The summed E-state index contributed by atoms with van der Waals surface area (Å²) in [6.45, 7) is 0.244. The third-order valence-electron chi connectivity index (χ3n) is 1.98. The predicted molar refractivity (Wildman–Crippen MR) is 59.6 cm³/mol. The molecule has 15 heavy (non-hydrogen) atoms. The molecule has 0 saturated carbocycles. The Kier molecular flexibility index (Phi) is 3.11. The van der Waals surface area contributed by atoms with E-state index in [0.717, 1.165) is 5.69 Å². The summed E-state index contributed by atoms with van der Waals surface area (Å²) in [5.74, 6) is 1.37. The molecular weight excluding hydrogens is 262 g/mol. The first-order valence-corrected chi connectivity index (χ1v) is 5.67. The maximum Gasteiger partial charge on any atom is 0.231 e.